The number of likely N-dealkylation sites (tertiary alicyclic amines) is 1. The van der Waals surface area contributed by atoms with E-state index in [9.17, 15) is 4.79 Å². The van der Waals surface area contributed by atoms with Crippen LogP contribution in [0, 0.1) is 0 Å². The fourth-order valence-corrected chi connectivity index (χ4v) is 2.98. The number of nitrogens with zero attached hydrogens (tertiary/aromatic N) is 3. The Balaban J connectivity index is 1.91. The maximum atomic E-state index is 12.4. The van der Waals surface area contributed by atoms with Crippen molar-refractivity contribution in [2.24, 2.45) is 0 Å². The van der Waals surface area contributed by atoms with Crippen LogP contribution in [0.3, 0.4) is 0 Å². The lowest BCUT2D eigenvalue weighted by molar-refractivity contribution is 0.00450. The van der Waals surface area contributed by atoms with E-state index in [1.165, 1.54) is 6.20 Å². The third kappa shape index (κ3) is 5.53. The maximum absolute atomic E-state index is 12.4. The standard InChI is InChI=1S/C16H25ClN4O2/c1-4-7-16(2,3)23-15(22)21-8-5-6-12(11-21)19-14-10-18-9-13(17)20-14/h9-10,12H,4-8,11H2,1-3H3,(H,19,20). The van der Waals surface area contributed by atoms with Gasteiger partial charge in [-0.15, -0.1) is 0 Å². The van der Waals surface area contributed by atoms with E-state index in [1.54, 1.807) is 11.1 Å². The summed E-state index contributed by atoms with van der Waals surface area (Å²) in [6.07, 6.45) is 6.61. The molecule has 1 aliphatic rings. The van der Waals surface area contributed by atoms with Crippen LogP contribution >= 0.6 is 11.6 Å². The van der Waals surface area contributed by atoms with Crippen LogP contribution in [0.15, 0.2) is 12.4 Å². The van der Waals surface area contributed by atoms with Gasteiger partial charge in [-0.1, -0.05) is 24.9 Å². The molecule has 6 nitrogen and oxygen atoms in total. The van der Waals surface area contributed by atoms with Crippen molar-refractivity contribution in [1.82, 2.24) is 14.9 Å². The molecule has 2 rings (SSSR count). The molecule has 7 heteroatoms. The summed E-state index contributed by atoms with van der Waals surface area (Å²) in [7, 11) is 0. The quantitative estimate of drug-likeness (QED) is 0.884. The van der Waals surface area contributed by atoms with Gasteiger partial charge in [0.25, 0.3) is 0 Å². The minimum Gasteiger partial charge on any atom is -0.443 e. The third-order valence-electron chi connectivity index (χ3n) is 3.85. The minimum absolute atomic E-state index is 0.123. The highest BCUT2D eigenvalue weighted by atomic mass is 35.5. The number of carbonyl (C=O) groups is 1. The fraction of sp³-hybridized carbons (Fsp3) is 0.688. The molecular weight excluding hydrogens is 316 g/mol. The number of hydrogen-bond acceptors (Lipinski definition) is 5. The number of amides is 1. The Morgan fingerprint density at radius 2 is 2.30 bits per heavy atom. The predicted molar refractivity (Wildman–Crippen MR) is 90.7 cm³/mol. The molecule has 0 aliphatic carbocycles. The zero-order valence-electron chi connectivity index (χ0n) is 14.0. The minimum atomic E-state index is -0.426. The van der Waals surface area contributed by atoms with Crippen molar-refractivity contribution in [3.05, 3.63) is 17.5 Å². The number of halogens is 1. The van der Waals surface area contributed by atoms with E-state index in [1.807, 2.05) is 13.8 Å². The summed E-state index contributed by atoms with van der Waals surface area (Å²) >= 11 is 5.85. The van der Waals surface area contributed by atoms with Crippen LogP contribution < -0.4 is 5.32 Å². The highest BCUT2D eigenvalue weighted by Crippen LogP contribution is 2.21. The molecule has 1 aromatic rings. The number of piperidine rings is 1. The Bertz CT molecular complexity index is 539. The second kappa shape index (κ2) is 7.81. The first kappa shape index (κ1) is 17.8. The Labute approximate surface area is 142 Å². The van der Waals surface area contributed by atoms with Gasteiger partial charge >= 0.3 is 6.09 Å². The van der Waals surface area contributed by atoms with E-state index >= 15 is 0 Å². The molecule has 1 unspecified atom stereocenters. The molecule has 128 valence electrons. The van der Waals surface area contributed by atoms with E-state index in [0.29, 0.717) is 17.5 Å². The molecule has 2 heterocycles. The van der Waals surface area contributed by atoms with Gasteiger partial charge in [0.05, 0.1) is 12.4 Å². The fourth-order valence-electron chi connectivity index (χ4n) is 2.84. The summed E-state index contributed by atoms with van der Waals surface area (Å²) in [6.45, 7) is 7.31. The second-order valence-corrected chi connectivity index (χ2v) is 6.92. The Morgan fingerprint density at radius 3 is 3.00 bits per heavy atom. The SMILES string of the molecule is CCCC(C)(C)OC(=O)N1CCCC(Nc2cncc(Cl)n2)C1. The van der Waals surface area contributed by atoms with Crippen molar-refractivity contribution in [1.29, 1.82) is 0 Å². The highest BCUT2D eigenvalue weighted by molar-refractivity contribution is 6.29. The Hall–Kier alpha value is -1.56. The molecule has 1 aromatic heterocycles. The molecule has 0 aromatic carbocycles. The summed E-state index contributed by atoms with van der Waals surface area (Å²) in [4.78, 5) is 22.3. The lowest BCUT2D eigenvalue weighted by atomic mass is 10.0. The van der Waals surface area contributed by atoms with Gasteiger partial charge in [0.1, 0.15) is 16.6 Å². The normalized spacial score (nSPS) is 18.6. The molecule has 0 radical (unpaired) electrons. The number of carbonyl (C=O) groups excluding carboxylic acids is 1. The van der Waals surface area contributed by atoms with E-state index in [4.69, 9.17) is 16.3 Å². The van der Waals surface area contributed by atoms with Gasteiger partial charge in [0.15, 0.2) is 0 Å². The predicted octanol–water partition coefficient (Wildman–Crippen LogP) is 3.72. The zero-order chi connectivity index (χ0) is 16.9. The zero-order valence-corrected chi connectivity index (χ0v) is 14.8. The van der Waals surface area contributed by atoms with Crippen molar-refractivity contribution in [2.75, 3.05) is 18.4 Å². The van der Waals surface area contributed by atoms with Gasteiger partial charge in [0, 0.05) is 19.1 Å². The Kier molecular flexibility index (Phi) is 6.04. The summed E-state index contributed by atoms with van der Waals surface area (Å²) in [5.41, 5.74) is -0.426. The average Bonchev–Trinajstić information content (AvgIpc) is 2.47. The summed E-state index contributed by atoms with van der Waals surface area (Å²) in [5, 5.41) is 3.64. The first-order chi connectivity index (χ1) is 10.9. The van der Waals surface area contributed by atoms with Gasteiger partial charge < -0.3 is 15.0 Å². The van der Waals surface area contributed by atoms with Crippen LogP contribution in [0.25, 0.3) is 0 Å². The Morgan fingerprint density at radius 1 is 1.52 bits per heavy atom. The molecule has 0 spiro atoms. The van der Waals surface area contributed by atoms with Crippen molar-refractivity contribution in [3.63, 3.8) is 0 Å². The molecule has 0 bridgehead atoms. The maximum Gasteiger partial charge on any atom is 0.410 e. The molecule has 0 saturated carbocycles. The number of hydrogen-bond donors (Lipinski definition) is 1. The number of nitrogens with one attached hydrogen (secondary N) is 1. The number of rotatable bonds is 5. The summed E-state index contributed by atoms with van der Waals surface area (Å²) in [6, 6.07) is 0.123. The van der Waals surface area contributed by atoms with Crippen LogP contribution in [0.5, 0.6) is 0 Å². The van der Waals surface area contributed by atoms with E-state index in [2.05, 4.69) is 22.2 Å². The topological polar surface area (TPSA) is 67.3 Å². The molecule has 1 aliphatic heterocycles. The lowest BCUT2D eigenvalue weighted by Crippen LogP contribution is -2.47. The van der Waals surface area contributed by atoms with Crippen molar-refractivity contribution in [3.8, 4) is 0 Å². The molecule has 1 atom stereocenters. The largest absolute Gasteiger partial charge is 0.443 e. The lowest BCUT2D eigenvalue weighted by Gasteiger charge is -2.35. The van der Waals surface area contributed by atoms with E-state index < -0.39 is 5.60 Å². The van der Waals surface area contributed by atoms with Gasteiger partial charge in [-0.25, -0.2) is 9.78 Å². The van der Waals surface area contributed by atoms with E-state index in [0.717, 1.165) is 32.2 Å². The number of aromatic nitrogens is 2. The van der Waals surface area contributed by atoms with Crippen LogP contribution in [0.1, 0.15) is 46.5 Å². The first-order valence-electron chi connectivity index (χ1n) is 8.11. The molecule has 1 amide bonds. The van der Waals surface area contributed by atoms with Crippen LogP contribution in [-0.2, 0) is 4.74 Å². The molecule has 1 fully saturated rings. The molecular formula is C16H25ClN4O2. The monoisotopic (exact) mass is 340 g/mol. The number of anilines is 1. The van der Waals surface area contributed by atoms with Crippen LogP contribution in [0.2, 0.25) is 5.15 Å². The number of ether oxygens (including phenoxy) is 1. The first-order valence-corrected chi connectivity index (χ1v) is 8.49. The average molecular weight is 341 g/mol. The van der Waals surface area contributed by atoms with Crippen LogP contribution in [-0.4, -0.2) is 45.7 Å². The molecule has 23 heavy (non-hydrogen) atoms. The van der Waals surface area contributed by atoms with Crippen molar-refractivity contribution in [2.45, 2.75) is 58.1 Å². The smallest absolute Gasteiger partial charge is 0.410 e. The van der Waals surface area contributed by atoms with Gasteiger partial charge in [-0.05, 0) is 33.1 Å². The van der Waals surface area contributed by atoms with Crippen LogP contribution in [0.4, 0.5) is 10.6 Å². The second-order valence-electron chi connectivity index (χ2n) is 6.53. The highest BCUT2D eigenvalue weighted by Gasteiger charge is 2.29. The van der Waals surface area contributed by atoms with Gasteiger partial charge in [-0.2, -0.15) is 0 Å². The summed E-state index contributed by atoms with van der Waals surface area (Å²) in [5.74, 6) is 0.629. The third-order valence-corrected chi connectivity index (χ3v) is 4.03. The summed E-state index contributed by atoms with van der Waals surface area (Å²) < 4.78 is 5.65. The van der Waals surface area contributed by atoms with E-state index in [-0.39, 0.29) is 12.1 Å². The van der Waals surface area contributed by atoms with Gasteiger partial charge in [0.2, 0.25) is 0 Å². The molecule has 1 N–H and O–H groups in total. The molecule has 1 saturated heterocycles. The van der Waals surface area contributed by atoms with Crippen molar-refractivity contribution >= 4 is 23.5 Å². The van der Waals surface area contributed by atoms with Crippen molar-refractivity contribution < 1.29 is 9.53 Å². The van der Waals surface area contributed by atoms with Gasteiger partial charge in [-0.3, -0.25) is 4.98 Å².